The van der Waals surface area contributed by atoms with Crippen molar-refractivity contribution in [3.05, 3.63) is 24.0 Å². The number of esters is 1. The number of nitrogens with zero attached hydrogens (tertiary/aromatic N) is 2. The summed E-state index contributed by atoms with van der Waals surface area (Å²) in [5, 5.41) is 3.30. The van der Waals surface area contributed by atoms with Crippen LogP contribution in [0.5, 0.6) is 0 Å². The zero-order valence-electron chi connectivity index (χ0n) is 12.1. The van der Waals surface area contributed by atoms with E-state index in [-0.39, 0.29) is 5.69 Å². The molecule has 0 aromatic carbocycles. The van der Waals surface area contributed by atoms with E-state index in [1.807, 2.05) is 13.8 Å². The number of ether oxygens (including phenoxy) is 1. The highest BCUT2D eigenvalue weighted by molar-refractivity contribution is 5.87. The molecule has 1 aliphatic rings. The van der Waals surface area contributed by atoms with Crippen LogP contribution in [0.1, 0.15) is 24.3 Å². The topological polar surface area (TPSA) is 80.5 Å². The standard InChI is InChI=1S/C14H22N4O2/c1-14(2,10-18-7-5-16-6-8-18)20-13(19)12-4-3-11(15)9-17-12/h3-4,9,16H,5-8,10,15H2,1-2H3. The van der Waals surface area contributed by atoms with Crippen molar-refractivity contribution in [3.63, 3.8) is 0 Å². The largest absolute Gasteiger partial charge is 0.454 e. The van der Waals surface area contributed by atoms with Crippen LogP contribution in [0, 0.1) is 0 Å². The Morgan fingerprint density at radius 3 is 2.75 bits per heavy atom. The molecule has 1 aromatic rings. The van der Waals surface area contributed by atoms with Crippen molar-refractivity contribution >= 4 is 11.7 Å². The Morgan fingerprint density at radius 2 is 2.15 bits per heavy atom. The SMILES string of the molecule is CC(C)(CN1CCNCC1)OC(=O)c1ccc(N)cn1. The second-order valence-electron chi connectivity index (χ2n) is 5.65. The highest BCUT2D eigenvalue weighted by atomic mass is 16.6. The lowest BCUT2D eigenvalue weighted by molar-refractivity contribution is -0.0184. The first-order valence-electron chi connectivity index (χ1n) is 6.84. The molecule has 0 saturated carbocycles. The van der Waals surface area contributed by atoms with Crippen molar-refractivity contribution in [2.24, 2.45) is 0 Å². The van der Waals surface area contributed by atoms with E-state index < -0.39 is 11.6 Å². The summed E-state index contributed by atoms with van der Waals surface area (Å²) in [7, 11) is 0. The summed E-state index contributed by atoms with van der Waals surface area (Å²) in [5.74, 6) is -0.412. The number of anilines is 1. The number of nitrogens with two attached hydrogens (primary N) is 1. The Kier molecular flexibility index (Phi) is 4.57. The van der Waals surface area contributed by atoms with Crippen LogP contribution in [0.15, 0.2) is 18.3 Å². The summed E-state index contributed by atoms with van der Waals surface area (Å²) in [6.07, 6.45) is 1.46. The summed E-state index contributed by atoms with van der Waals surface area (Å²) in [5.41, 5.74) is 5.82. The third-order valence-electron chi connectivity index (χ3n) is 3.18. The molecule has 0 atom stereocenters. The average molecular weight is 278 g/mol. The summed E-state index contributed by atoms with van der Waals surface area (Å²) in [6, 6.07) is 3.23. The fraction of sp³-hybridized carbons (Fsp3) is 0.571. The highest BCUT2D eigenvalue weighted by Gasteiger charge is 2.27. The molecule has 0 bridgehead atoms. The molecule has 0 aliphatic carbocycles. The van der Waals surface area contributed by atoms with Gasteiger partial charge in [-0.05, 0) is 26.0 Å². The van der Waals surface area contributed by atoms with Gasteiger partial charge in [-0.15, -0.1) is 0 Å². The van der Waals surface area contributed by atoms with Gasteiger partial charge in [0.05, 0.1) is 11.9 Å². The van der Waals surface area contributed by atoms with E-state index in [4.69, 9.17) is 10.5 Å². The number of piperazine rings is 1. The number of carbonyl (C=O) groups is 1. The Morgan fingerprint density at radius 1 is 1.45 bits per heavy atom. The zero-order valence-corrected chi connectivity index (χ0v) is 12.1. The molecular formula is C14H22N4O2. The van der Waals surface area contributed by atoms with Crippen LogP contribution >= 0.6 is 0 Å². The van der Waals surface area contributed by atoms with Gasteiger partial charge in [-0.1, -0.05) is 0 Å². The predicted molar refractivity (Wildman–Crippen MR) is 77.5 cm³/mol. The van der Waals surface area contributed by atoms with E-state index in [1.165, 1.54) is 6.20 Å². The molecule has 110 valence electrons. The molecule has 1 aliphatic heterocycles. The van der Waals surface area contributed by atoms with E-state index in [9.17, 15) is 4.79 Å². The quantitative estimate of drug-likeness (QED) is 0.781. The maximum atomic E-state index is 12.1. The maximum Gasteiger partial charge on any atom is 0.357 e. The summed E-state index contributed by atoms with van der Waals surface area (Å²) >= 11 is 0. The van der Waals surface area contributed by atoms with E-state index in [0.717, 1.165) is 32.7 Å². The molecule has 0 unspecified atom stereocenters. The van der Waals surface area contributed by atoms with E-state index in [0.29, 0.717) is 5.69 Å². The number of pyridine rings is 1. The molecule has 0 amide bonds. The van der Waals surface area contributed by atoms with Gasteiger partial charge >= 0.3 is 5.97 Å². The van der Waals surface area contributed by atoms with Gasteiger partial charge < -0.3 is 15.8 Å². The number of hydrogen-bond acceptors (Lipinski definition) is 6. The molecule has 0 spiro atoms. The molecule has 3 N–H and O–H groups in total. The second-order valence-corrected chi connectivity index (χ2v) is 5.65. The van der Waals surface area contributed by atoms with Gasteiger partial charge in [0.2, 0.25) is 0 Å². The molecule has 1 saturated heterocycles. The fourth-order valence-corrected chi connectivity index (χ4v) is 2.27. The first kappa shape index (κ1) is 14.7. The fourth-order valence-electron chi connectivity index (χ4n) is 2.27. The molecule has 20 heavy (non-hydrogen) atoms. The Hall–Kier alpha value is -1.66. The minimum absolute atomic E-state index is 0.285. The number of hydrogen-bond donors (Lipinski definition) is 2. The first-order chi connectivity index (χ1) is 9.46. The van der Waals surface area contributed by atoms with E-state index in [1.54, 1.807) is 12.1 Å². The molecule has 6 heteroatoms. The van der Waals surface area contributed by atoms with Crippen LogP contribution in [0.3, 0.4) is 0 Å². The normalized spacial score (nSPS) is 16.9. The predicted octanol–water partition coefficient (Wildman–Crippen LogP) is 0.504. The molecule has 1 aromatic heterocycles. The van der Waals surface area contributed by atoms with Gasteiger partial charge in [-0.3, -0.25) is 4.90 Å². The van der Waals surface area contributed by atoms with Crippen molar-refractivity contribution in [1.29, 1.82) is 0 Å². The molecule has 2 rings (SSSR count). The second kappa shape index (κ2) is 6.19. The van der Waals surface area contributed by atoms with Crippen LogP contribution in [0.25, 0.3) is 0 Å². The monoisotopic (exact) mass is 278 g/mol. The van der Waals surface area contributed by atoms with Gasteiger partial charge in [0.25, 0.3) is 0 Å². The lowest BCUT2D eigenvalue weighted by Crippen LogP contribution is -2.50. The smallest absolute Gasteiger partial charge is 0.357 e. The number of aromatic nitrogens is 1. The van der Waals surface area contributed by atoms with E-state index >= 15 is 0 Å². The Labute approximate surface area is 119 Å². The average Bonchev–Trinajstić information content (AvgIpc) is 2.39. The molecular weight excluding hydrogens is 256 g/mol. The minimum Gasteiger partial charge on any atom is -0.454 e. The number of rotatable bonds is 4. The van der Waals surface area contributed by atoms with Crippen molar-refractivity contribution in [3.8, 4) is 0 Å². The van der Waals surface area contributed by atoms with Crippen molar-refractivity contribution in [2.45, 2.75) is 19.4 Å². The van der Waals surface area contributed by atoms with Gasteiger partial charge in [0, 0.05) is 32.7 Å². The lowest BCUT2D eigenvalue weighted by atomic mass is 10.1. The van der Waals surface area contributed by atoms with Crippen LogP contribution in [-0.2, 0) is 4.74 Å². The number of nitrogen functional groups attached to an aromatic ring is 1. The van der Waals surface area contributed by atoms with Crippen molar-refractivity contribution in [2.75, 3.05) is 38.5 Å². The van der Waals surface area contributed by atoms with Crippen LogP contribution < -0.4 is 11.1 Å². The summed E-state index contributed by atoms with van der Waals surface area (Å²) in [4.78, 5) is 18.3. The highest BCUT2D eigenvalue weighted by Crippen LogP contribution is 2.15. The Bertz CT molecular complexity index is 453. The van der Waals surface area contributed by atoms with Crippen molar-refractivity contribution < 1.29 is 9.53 Å². The van der Waals surface area contributed by atoms with Crippen LogP contribution in [0.4, 0.5) is 5.69 Å². The number of nitrogens with one attached hydrogen (secondary N) is 1. The van der Waals surface area contributed by atoms with Crippen LogP contribution in [0.2, 0.25) is 0 Å². The van der Waals surface area contributed by atoms with Gasteiger partial charge in [0.1, 0.15) is 11.3 Å². The van der Waals surface area contributed by atoms with Crippen LogP contribution in [-0.4, -0.2) is 54.2 Å². The van der Waals surface area contributed by atoms with Gasteiger partial charge in [0.15, 0.2) is 0 Å². The summed E-state index contributed by atoms with van der Waals surface area (Å²) < 4.78 is 5.56. The first-order valence-corrected chi connectivity index (χ1v) is 6.84. The molecule has 0 radical (unpaired) electrons. The summed E-state index contributed by atoms with van der Waals surface area (Å²) in [6.45, 7) is 8.46. The lowest BCUT2D eigenvalue weighted by Gasteiger charge is -2.34. The van der Waals surface area contributed by atoms with Gasteiger partial charge in [-0.2, -0.15) is 0 Å². The molecule has 6 nitrogen and oxygen atoms in total. The maximum absolute atomic E-state index is 12.1. The third-order valence-corrected chi connectivity index (χ3v) is 3.18. The van der Waals surface area contributed by atoms with Crippen molar-refractivity contribution in [1.82, 2.24) is 15.2 Å². The third kappa shape index (κ3) is 4.18. The molecule has 2 heterocycles. The minimum atomic E-state index is -0.544. The van der Waals surface area contributed by atoms with E-state index in [2.05, 4.69) is 15.2 Å². The molecule has 1 fully saturated rings. The number of carbonyl (C=O) groups excluding carboxylic acids is 1. The zero-order chi connectivity index (χ0) is 14.6. The Balaban J connectivity index is 1.92. The van der Waals surface area contributed by atoms with Gasteiger partial charge in [-0.25, -0.2) is 9.78 Å².